The average molecular weight is 624 g/mol. The van der Waals surface area contributed by atoms with Crippen LogP contribution >= 0.6 is 11.3 Å². The third kappa shape index (κ3) is 10.5. The van der Waals surface area contributed by atoms with Gasteiger partial charge in [-0.2, -0.15) is 0 Å². The molecular formula is C33H45N5O5S. The van der Waals surface area contributed by atoms with Gasteiger partial charge < -0.3 is 31.1 Å². The highest BCUT2D eigenvalue weighted by Crippen LogP contribution is 2.17. The van der Waals surface area contributed by atoms with Gasteiger partial charge in [0, 0.05) is 42.3 Å². The summed E-state index contributed by atoms with van der Waals surface area (Å²) in [6.45, 7) is 9.94. The largest absolute Gasteiger partial charge is 0.391 e. The molecule has 0 aliphatic carbocycles. The normalized spacial score (nSPS) is 14.0. The van der Waals surface area contributed by atoms with Crippen molar-refractivity contribution in [3.05, 3.63) is 86.9 Å². The molecule has 0 aliphatic heterocycles. The monoisotopic (exact) mass is 623 g/mol. The lowest BCUT2D eigenvalue weighted by atomic mass is 9.99. The van der Waals surface area contributed by atoms with Crippen molar-refractivity contribution in [1.29, 1.82) is 0 Å². The lowest BCUT2D eigenvalue weighted by Crippen LogP contribution is -2.55. The van der Waals surface area contributed by atoms with Gasteiger partial charge in [-0.1, -0.05) is 44.2 Å². The number of hydrogen-bond acceptors (Lipinski definition) is 8. The summed E-state index contributed by atoms with van der Waals surface area (Å²) in [4.78, 5) is 45.5. The van der Waals surface area contributed by atoms with E-state index in [2.05, 4.69) is 20.9 Å². The molecule has 3 amide bonds. The third-order valence-corrected chi connectivity index (χ3v) is 8.00. The van der Waals surface area contributed by atoms with Crippen LogP contribution in [0.5, 0.6) is 0 Å². The Bertz CT molecular complexity index is 1390. The maximum absolute atomic E-state index is 13.6. The van der Waals surface area contributed by atoms with Gasteiger partial charge in [-0.05, 0) is 62.4 Å². The molecule has 3 aromatic rings. The molecule has 11 heteroatoms. The number of amides is 3. The van der Waals surface area contributed by atoms with Gasteiger partial charge in [0.25, 0.3) is 11.8 Å². The van der Waals surface area contributed by atoms with Crippen LogP contribution in [-0.4, -0.2) is 82.2 Å². The minimum Gasteiger partial charge on any atom is -0.391 e. The van der Waals surface area contributed by atoms with Crippen LogP contribution in [0.4, 0.5) is 0 Å². The van der Waals surface area contributed by atoms with Crippen molar-refractivity contribution in [3.8, 4) is 0 Å². The SMILES string of the molecule is Cc1cc(C(=O)N[C@@H](Cc2ccccc2)[C@H](O)CNC(C(=O)NCC(C)C)[C@H](C)O)cc(C(=O)N(C)Cc2nc(C)cs2)c1. The van der Waals surface area contributed by atoms with Crippen LogP contribution in [-0.2, 0) is 17.8 Å². The van der Waals surface area contributed by atoms with Crippen LogP contribution in [0, 0.1) is 19.8 Å². The van der Waals surface area contributed by atoms with Crippen molar-refractivity contribution in [1.82, 2.24) is 25.8 Å². The molecule has 0 saturated carbocycles. The molecule has 0 saturated heterocycles. The summed E-state index contributed by atoms with van der Waals surface area (Å²) in [7, 11) is 1.70. The first-order valence-electron chi connectivity index (χ1n) is 14.8. The van der Waals surface area contributed by atoms with Gasteiger partial charge in [-0.15, -0.1) is 11.3 Å². The van der Waals surface area contributed by atoms with E-state index in [1.54, 1.807) is 30.1 Å². The number of aliphatic hydroxyl groups excluding tert-OH is 2. The molecule has 3 rings (SSSR count). The Kier molecular flexibility index (Phi) is 13.0. The van der Waals surface area contributed by atoms with Gasteiger partial charge in [0.15, 0.2) is 0 Å². The smallest absolute Gasteiger partial charge is 0.254 e. The zero-order chi connectivity index (χ0) is 32.4. The molecular weight excluding hydrogens is 578 g/mol. The molecule has 1 aromatic heterocycles. The number of benzene rings is 2. The number of aromatic nitrogens is 1. The first kappa shape index (κ1) is 34.8. The van der Waals surface area contributed by atoms with Crippen LogP contribution in [0.25, 0.3) is 0 Å². The van der Waals surface area contributed by atoms with Crippen LogP contribution in [0.3, 0.4) is 0 Å². The summed E-state index contributed by atoms with van der Waals surface area (Å²) < 4.78 is 0. The molecule has 238 valence electrons. The number of hydrogen-bond donors (Lipinski definition) is 5. The Balaban J connectivity index is 1.76. The number of carbonyl (C=O) groups is 3. The van der Waals surface area contributed by atoms with E-state index in [4.69, 9.17) is 0 Å². The first-order chi connectivity index (χ1) is 20.8. The number of aliphatic hydroxyl groups is 2. The molecule has 2 aromatic carbocycles. The lowest BCUT2D eigenvalue weighted by Gasteiger charge is -2.28. The molecule has 5 N–H and O–H groups in total. The summed E-state index contributed by atoms with van der Waals surface area (Å²) in [5, 5.41) is 33.0. The van der Waals surface area contributed by atoms with Crippen molar-refractivity contribution in [2.75, 3.05) is 20.1 Å². The van der Waals surface area contributed by atoms with Crippen LogP contribution in [0.2, 0.25) is 0 Å². The third-order valence-electron chi connectivity index (χ3n) is 7.05. The Hall–Kier alpha value is -3.64. The van der Waals surface area contributed by atoms with Gasteiger partial charge in [0.2, 0.25) is 5.91 Å². The molecule has 1 heterocycles. The Morgan fingerprint density at radius 1 is 0.977 bits per heavy atom. The second-order valence-corrected chi connectivity index (χ2v) is 12.7. The van der Waals surface area contributed by atoms with E-state index >= 15 is 0 Å². The summed E-state index contributed by atoms with van der Waals surface area (Å²) in [5.41, 5.74) is 3.21. The Labute approximate surface area is 263 Å². The van der Waals surface area contributed by atoms with Gasteiger partial charge in [-0.3, -0.25) is 14.4 Å². The van der Waals surface area contributed by atoms with E-state index in [1.807, 2.05) is 63.4 Å². The van der Waals surface area contributed by atoms with E-state index in [1.165, 1.54) is 18.3 Å². The minimum atomic E-state index is -1.10. The number of carbonyl (C=O) groups excluding carboxylic acids is 3. The molecule has 0 spiro atoms. The van der Waals surface area contributed by atoms with Crippen molar-refractivity contribution in [2.24, 2.45) is 5.92 Å². The zero-order valence-electron chi connectivity index (χ0n) is 26.3. The van der Waals surface area contributed by atoms with Gasteiger partial charge in [0.1, 0.15) is 11.0 Å². The highest BCUT2D eigenvalue weighted by atomic mass is 32.1. The van der Waals surface area contributed by atoms with Crippen LogP contribution in [0.15, 0.2) is 53.9 Å². The predicted molar refractivity (Wildman–Crippen MR) is 173 cm³/mol. The predicted octanol–water partition coefficient (Wildman–Crippen LogP) is 2.85. The molecule has 4 atom stereocenters. The molecule has 44 heavy (non-hydrogen) atoms. The minimum absolute atomic E-state index is 0.0545. The molecule has 0 fully saturated rings. The van der Waals surface area contributed by atoms with E-state index in [9.17, 15) is 24.6 Å². The van der Waals surface area contributed by atoms with Crippen molar-refractivity contribution >= 4 is 29.1 Å². The number of nitrogens with zero attached hydrogens (tertiary/aromatic N) is 2. The number of nitrogens with one attached hydrogen (secondary N) is 3. The maximum atomic E-state index is 13.6. The lowest BCUT2D eigenvalue weighted by molar-refractivity contribution is -0.125. The zero-order valence-corrected chi connectivity index (χ0v) is 27.1. The summed E-state index contributed by atoms with van der Waals surface area (Å²) in [5.74, 6) is -0.801. The maximum Gasteiger partial charge on any atom is 0.254 e. The quantitative estimate of drug-likeness (QED) is 0.175. The highest BCUT2D eigenvalue weighted by Gasteiger charge is 2.28. The number of aryl methyl sites for hydroxylation is 2. The topological polar surface area (TPSA) is 144 Å². The standard InChI is InChI=1S/C33H45N5O5S/c1-20(2)16-35-32(42)30(23(5)39)34-17-28(40)27(14-24-10-8-7-9-11-24)37-31(41)25-12-21(3)13-26(15-25)33(43)38(6)18-29-36-22(4)19-44-29/h7-13,15,19-20,23,27-28,30,34,39-40H,14,16-18H2,1-6H3,(H,35,42)(H,37,41)/t23-,27-,28+,30?/m0/s1. The summed E-state index contributed by atoms with van der Waals surface area (Å²) in [6, 6.07) is 12.8. The molecule has 10 nitrogen and oxygen atoms in total. The number of rotatable bonds is 15. The molecule has 0 bridgehead atoms. The second kappa shape index (κ2) is 16.4. The van der Waals surface area contributed by atoms with Crippen LogP contribution in [0.1, 0.15) is 63.3 Å². The van der Waals surface area contributed by atoms with Crippen molar-refractivity contribution in [3.63, 3.8) is 0 Å². The van der Waals surface area contributed by atoms with E-state index in [-0.39, 0.29) is 24.3 Å². The fourth-order valence-electron chi connectivity index (χ4n) is 4.70. The van der Waals surface area contributed by atoms with E-state index in [0.717, 1.165) is 21.8 Å². The van der Waals surface area contributed by atoms with Crippen molar-refractivity contribution < 1.29 is 24.6 Å². The fraction of sp³-hybridized carbons (Fsp3) is 0.455. The Morgan fingerprint density at radius 3 is 2.27 bits per heavy atom. The fourth-order valence-corrected chi connectivity index (χ4v) is 5.52. The van der Waals surface area contributed by atoms with Crippen molar-refractivity contribution in [2.45, 2.75) is 71.9 Å². The van der Waals surface area contributed by atoms with Gasteiger partial charge in [-0.25, -0.2) is 4.98 Å². The summed E-state index contributed by atoms with van der Waals surface area (Å²) >= 11 is 1.49. The Morgan fingerprint density at radius 2 is 1.66 bits per heavy atom. The van der Waals surface area contributed by atoms with Gasteiger partial charge >= 0.3 is 0 Å². The van der Waals surface area contributed by atoms with E-state index in [0.29, 0.717) is 30.6 Å². The van der Waals surface area contributed by atoms with Gasteiger partial charge in [0.05, 0.1) is 24.8 Å². The second-order valence-electron chi connectivity index (χ2n) is 11.7. The van der Waals surface area contributed by atoms with Crippen LogP contribution < -0.4 is 16.0 Å². The average Bonchev–Trinajstić information content (AvgIpc) is 3.39. The summed E-state index contributed by atoms with van der Waals surface area (Å²) in [6.07, 6.45) is -1.78. The first-order valence-corrected chi connectivity index (χ1v) is 15.7. The molecule has 0 radical (unpaired) electrons. The van der Waals surface area contributed by atoms with E-state index < -0.39 is 30.2 Å². The molecule has 1 unspecified atom stereocenters. The molecule has 0 aliphatic rings. The number of thiazole rings is 1. The highest BCUT2D eigenvalue weighted by molar-refractivity contribution is 7.09.